The van der Waals surface area contributed by atoms with Gasteiger partial charge in [-0.15, -0.1) is 0 Å². The van der Waals surface area contributed by atoms with E-state index in [-0.39, 0.29) is 5.91 Å². The normalized spacial score (nSPS) is 26.0. The molecular weight excluding hydrogens is 354 g/mol. The molecule has 4 rings (SSSR count). The second-order valence-corrected chi connectivity index (χ2v) is 8.48. The Morgan fingerprint density at radius 3 is 2.54 bits per heavy atom. The topological polar surface area (TPSA) is 64.1 Å². The third-order valence-electron chi connectivity index (χ3n) is 6.57. The van der Waals surface area contributed by atoms with Crippen LogP contribution in [0.2, 0.25) is 0 Å². The maximum Gasteiger partial charge on any atom is 0.222 e. The van der Waals surface area contributed by atoms with Gasteiger partial charge in [0.2, 0.25) is 11.8 Å². The summed E-state index contributed by atoms with van der Waals surface area (Å²) in [6.45, 7) is 5.37. The first-order valence-electron chi connectivity index (χ1n) is 10.7. The summed E-state index contributed by atoms with van der Waals surface area (Å²) >= 11 is 0. The monoisotopic (exact) mass is 385 g/mol. The number of aromatic hydroxyl groups is 1. The van der Waals surface area contributed by atoms with E-state index in [0.29, 0.717) is 36.5 Å². The van der Waals surface area contributed by atoms with Crippen LogP contribution in [-0.4, -0.2) is 70.4 Å². The standard InChI is InChI=1S/C22H31N3O3/c26-19-7-4-17(5-8-19)15-23-14-10-20-18(16-23)6-9-22(28)25(20)13-2-12-24-11-1-3-21(24)27/h4-5,7-8,18,20,26H,1-3,6,9-16H2/t18-,20+/m1/s1. The van der Waals surface area contributed by atoms with Gasteiger partial charge in [0.15, 0.2) is 0 Å². The van der Waals surface area contributed by atoms with Gasteiger partial charge in [0, 0.05) is 58.2 Å². The molecule has 3 heterocycles. The maximum absolute atomic E-state index is 12.6. The van der Waals surface area contributed by atoms with Gasteiger partial charge in [-0.05, 0) is 49.3 Å². The van der Waals surface area contributed by atoms with Crippen LogP contribution in [0.1, 0.15) is 44.1 Å². The number of fused-ring (bicyclic) bond motifs is 1. The Morgan fingerprint density at radius 2 is 1.79 bits per heavy atom. The SMILES string of the molecule is O=C1CCCN1CCCN1C(=O)CC[C@@H]2CN(Cc3ccc(O)cc3)CC[C@@H]21. The van der Waals surface area contributed by atoms with Crippen LogP contribution in [0.3, 0.4) is 0 Å². The van der Waals surface area contributed by atoms with Crippen LogP contribution in [0, 0.1) is 5.92 Å². The Hall–Kier alpha value is -2.08. The summed E-state index contributed by atoms with van der Waals surface area (Å²) in [5.41, 5.74) is 1.22. The van der Waals surface area contributed by atoms with Gasteiger partial charge in [0.1, 0.15) is 5.75 Å². The number of phenols is 1. The first kappa shape index (κ1) is 19.2. The Morgan fingerprint density at radius 1 is 0.964 bits per heavy atom. The quantitative estimate of drug-likeness (QED) is 0.816. The molecule has 0 bridgehead atoms. The van der Waals surface area contributed by atoms with Crippen LogP contribution in [0.25, 0.3) is 0 Å². The highest BCUT2D eigenvalue weighted by atomic mass is 16.3. The van der Waals surface area contributed by atoms with Crippen molar-refractivity contribution in [2.45, 2.75) is 51.1 Å². The summed E-state index contributed by atoms with van der Waals surface area (Å²) in [7, 11) is 0. The lowest BCUT2D eigenvalue weighted by atomic mass is 9.83. The molecule has 1 aromatic rings. The zero-order chi connectivity index (χ0) is 19.5. The summed E-state index contributed by atoms with van der Waals surface area (Å²) in [4.78, 5) is 30.9. The number of amides is 2. The molecule has 28 heavy (non-hydrogen) atoms. The van der Waals surface area contributed by atoms with Gasteiger partial charge in [-0.3, -0.25) is 14.5 Å². The van der Waals surface area contributed by atoms with Gasteiger partial charge in [-0.2, -0.15) is 0 Å². The first-order chi connectivity index (χ1) is 13.6. The highest BCUT2D eigenvalue weighted by Crippen LogP contribution is 2.32. The van der Waals surface area contributed by atoms with E-state index in [4.69, 9.17) is 0 Å². The number of benzene rings is 1. The lowest BCUT2D eigenvalue weighted by molar-refractivity contribution is -0.141. The number of carbonyl (C=O) groups excluding carboxylic acids is 2. The van der Waals surface area contributed by atoms with Crippen LogP contribution < -0.4 is 0 Å². The molecular formula is C22H31N3O3. The largest absolute Gasteiger partial charge is 0.508 e. The van der Waals surface area contributed by atoms with Crippen LogP contribution in [0.4, 0.5) is 0 Å². The average molecular weight is 386 g/mol. The van der Waals surface area contributed by atoms with E-state index in [0.717, 1.165) is 65.0 Å². The number of piperidine rings is 2. The van der Waals surface area contributed by atoms with E-state index in [9.17, 15) is 14.7 Å². The van der Waals surface area contributed by atoms with E-state index in [1.165, 1.54) is 5.56 Å². The van der Waals surface area contributed by atoms with Crippen molar-refractivity contribution in [3.63, 3.8) is 0 Å². The Labute approximate surface area is 167 Å². The molecule has 3 aliphatic rings. The molecule has 0 aliphatic carbocycles. The van der Waals surface area contributed by atoms with Crippen molar-refractivity contribution < 1.29 is 14.7 Å². The molecule has 3 fully saturated rings. The van der Waals surface area contributed by atoms with Crippen molar-refractivity contribution in [1.82, 2.24) is 14.7 Å². The smallest absolute Gasteiger partial charge is 0.222 e. The third kappa shape index (κ3) is 4.32. The highest BCUT2D eigenvalue weighted by Gasteiger charge is 2.39. The Balaban J connectivity index is 1.30. The van der Waals surface area contributed by atoms with E-state index in [1.54, 1.807) is 12.1 Å². The van der Waals surface area contributed by atoms with E-state index >= 15 is 0 Å². The van der Waals surface area contributed by atoms with Gasteiger partial charge < -0.3 is 14.9 Å². The average Bonchev–Trinajstić information content (AvgIpc) is 3.10. The summed E-state index contributed by atoms with van der Waals surface area (Å²) in [5.74, 6) is 1.41. The number of likely N-dealkylation sites (tertiary alicyclic amines) is 3. The number of phenolic OH excluding ortho intramolecular Hbond substituents is 1. The number of rotatable bonds is 6. The van der Waals surface area contributed by atoms with Gasteiger partial charge in [0.25, 0.3) is 0 Å². The zero-order valence-electron chi connectivity index (χ0n) is 16.6. The number of nitrogens with zero attached hydrogens (tertiary/aromatic N) is 3. The fraction of sp³-hybridized carbons (Fsp3) is 0.636. The molecule has 0 saturated carbocycles. The minimum Gasteiger partial charge on any atom is -0.508 e. The van der Waals surface area contributed by atoms with Crippen molar-refractivity contribution in [2.24, 2.45) is 5.92 Å². The minimum absolute atomic E-state index is 0.269. The highest BCUT2D eigenvalue weighted by molar-refractivity contribution is 5.78. The molecule has 0 unspecified atom stereocenters. The molecule has 0 aromatic heterocycles. The van der Waals surface area contributed by atoms with Crippen LogP contribution in [0.5, 0.6) is 5.75 Å². The van der Waals surface area contributed by atoms with Gasteiger partial charge in [-0.25, -0.2) is 0 Å². The molecule has 6 heteroatoms. The minimum atomic E-state index is 0.269. The van der Waals surface area contributed by atoms with E-state index in [2.05, 4.69) is 9.80 Å². The van der Waals surface area contributed by atoms with Crippen molar-refractivity contribution in [1.29, 1.82) is 0 Å². The van der Waals surface area contributed by atoms with Crippen molar-refractivity contribution in [3.8, 4) is 5.75 Å². The Kier molecular flexibility index (Phi) is 5.85. The molecule has 1 N–H and O–H groups in total. The van der Waals surface area contributed by atoms with Crippen LogP contribution in [0.15, 0.2) is 24.3 Å². The summed E-state index contributed by atoms with van der Waals surface area (Å²) in [6, 6.07) is 7.81. The number of hydrogen-bond acceptors (Lipinski definition) is 4. The fourth-order valence-electron chi connectivity index (χ4n) is 5.09. The molecule has 2 atom stereocenters. The molecule has 2 amide bonds. The zero-order valence-corrected chi connectivity index (χ0v) is 16.6. The second kappa shape index (κ2) is 8.52. The third-order valence-corrected chi connectivity index (χ3v) is 6.57. The first-order valence-corrected chi connectivity index (χ1v) is 10.7. The maximum atomic E-state index is 12.6. The van der Waals surface area contributed by atoms with E-state index in [1.807, 2.05) is 17.0 Å². The molecule has 0 radical (unpaired) electrons. The predicted octanol–water partition coefficient (Wildman–Crippen LogP) is 2.22. The van der Waals surface area contributed by atoms with Crippen molar-refractivity contribution >= 4 is 11.8 Å². The summed E-state index contributed by atoms with van der Waals surface area (Å²) < 4.78 is 0. The number of carbonyl (C=O) groups is 2. The van der Waals surface area contributed by atoms with Gasteiger partial charge >= 0.3 is 0 Å². The van der Waals surface area contributed by atoms with Crippen molar-refractivity contribution in [2.75, 3.05) is 32.7 Å². The summed E-state index contributed by atoms with van der Waals surface area (Å²) in [5, 5.41) is 9.45. The molecule has 152 valence electrons. The summed E-state index contributed by atoms with van der Waals surface area (Å²) in [6.07, 6.45) is 5.20. The van der Waals surface area contributed by atoms with Gasteiger partial charge in [-0.1, -0.05) is 12.1 Å². The molecule has 3 saturated heterocycles. The molecule has 6 nitrogen and oxygen atoms in total. The molecule has 0 spiro atoms. The fourth-order valence-corrected chi connectivity index (χ4v) is 5.09. The van der Waals surface area contributed by atoms with Crippen molar-refractivity contribution in [3.05, 3.63) is 29.8 Å². The lowest BCUT2D eigenvalue weighted by Gasteiger charge is -2.47. The Bertz CT molecular complexity index is 705. The molecule has 1 aromatic carbocycles. The second-order valence-electron chi connectivity index (χ2n) is 8.48. The predicted molar refractivity (Wildman–Crippen MR) is 107 cm³/mol. The lowest BCUT2D eigenvalue weighted by Crippen LogP contribution is -2.56. The number of hydrogen-bond donors (Lipinski definition) is 1. The molecule has 3 aliphatic heterocycles. The van der Waals surface area contributed by atoms with Crippen LogP contribution in [-0.2, 0) is 16.1 Å². The van der Waals surface area contributed by atoms with E-state index < -0.39 is 0 Å². The van der Waals surface area contributed by atoms with Crippen LogP contribution >= 0.6 is 0 Å². The van der Waals surface area contributed by atoms with Gasteiger partial charge in [0.05, 0.1) is 0 Å².